The number of rotatable bonds is 8. The number of nitrogens with one attached hydrogen (secondary N) is 3. The molecule has 0 aromatic carbocycles. The number of ether oxygens (including phenoxy) is 1. The number of amides is 1. The summed E-state index contributed by atoms with van der Waals surface area (Å²) in [5.74, 6) is 3.67. The summed E-state index contributed by atoms with van der Waals surface area (Å²) in [5.41, 5.74) is 0.164. The summed E-state index contributed by atoms with van der Waals surface area (Å²) in [6, 6.07) is 0. The van der Waals surface area contributed by atoms with E-state index in [1.54, 1.807) is 0 Å². The van der Waals surface area contributed by atoms with Crippen LogP contribution in [-0.4, -0.2) is 86.3 Å². The lowest BCUT2D eigenvalue weighted by atomic mass is 9.96. The summed E-state index contributed by atoms with van der Waals surface area (Å²) in [4.78, 5) is 19.2. The summed E-state index contributed by atoms with van der Waals surface area (Å²) >= 11 is 2.03. The second kappa shape index (κ2) is 9.80. The summed E-state index contributed by atoms with van der Waals surface area (Å²) in [7, 11) is 0. The molecule has 2 saturated heterocycles. The molecule has 0 radical (unpaired) electrons. The molecular weight excluding hydrogens is 350 g/mol. The Kier molecular flexibility index (Phi) is 7.45. The molecule has 3 fully saturated rings. The third kappa shape index (κ3) is 5.50. The molecule has 8 heteroatoms. The molecule has 1 aliphatic carbocycles. The standard InChI is InChI=1S/C18H33N5O2S/c1-2-19-17(21-7-6-20-16(24)15-3-4-15)22-13-18(5-12-26-14-18)23-8-10-25-11-9-23/h15H,2-14H2,1H3,(H,20,24)(H2,19,21,22). The van der Waals surface area contributed by atoms with E-state index in [0.717, 1.165) is 63.9 Å². The number of hydrogen-bond acceptors (Lipinski definition) is 5. The zero-order valence-electron chi connectivity index (χ0n) is 15.9. The van der Waals surface area contributed by atoms with Gasteiger partial charge >= 0.3 is 0 Å². The third-order valence-electron chi connectivity index (χ3n) is 5.30. The molecule has 0 aromatic heterocycles. The van der Waals surface area contributed by atoms with Gasteiger partial charge in [-0.05, 0) is 31.9 Å². The first kappa shape index (κ1) is 19.8. The van der Waals surface area contributed by atoms with Gasteiger partial charge in [0, 0.05) is 44.4 Å². The van der Waals surface area contributed by atoms with Crippen LogP contribution >= 0.6 is 11.8 Å². The highest BCUT2D eigenvalue weighted by Gasteiger charge is 2.40. The molecule has 26 heavy (non-hydrogen) atoms. The number of guanidine groups is 1. The van der Waals surface area contributed by atoms with Crippen molar-refractivity contribution in [3.05, 3.63) is 0 Å². The molecule has 1 unspecified atom stereocenters. The SMILES string of the molecule is CCNC(=NCC1(N2CCOCC2)CCSC1)NCCNC(=O)C1CC1. The van der Waals surface area contributed by atoms with Crippen LogP contribution in [0.3, 0.4) is 0 Å². The van der Waals surface area contributed by atoms with Crippen molar-refractivity contribution in [2.45, 2.75) is 31.7 Å². The molecule has 7 nitrogen and oxygen atoms in total. The van der Waals surface area contributed by atoms with E-state index < -0.39 is 0 Å². The van der Waals surface area contributed by atoms with Gasteiger partial charge in [0.1, 0.15) is 0 Å². The van der Waals surface area contributed by atoms with E-state index >= 15 is 0 Å². The van der Waals surface area contributed by atoms with Crippen molar-refractivity contribution in [1.82, 2.24) is 20.9 Å². The number of carbonyl (C=O) groups is 1. The van der Waals surface area contributed by atoms with Gasteiger partial charge in [-0.3, -0.25) is 14.7 Å². The molecular formula is C18H33N5O2S. The first-order valence-electron chi connectivity index (χ1n) is 9.94. The highest BCUT2D eigenvalue weighted by Crippen LogP contribution is 2.34. The Hall–Kier alpha value is -0.990. The molecule has 0 bridgehead atoms. The molecule has 1 amide bonds. The molecule has 1 saturated carbocycles. The molecule has 3 rings (SSSR count). The minimum Gasteiger partial charge on any atom is -0.379 e. The predicted octanol–water partition coefficient (Wildman–Crippen LogP) is 0.276. The summed E-state index contributed by atoms with van der Waals surface area (Å²) in [6.45, 7) is 8.73. The summed E-state index contributed by atoms with van der Waals surface area (Å²) in [6.07, 6.45) is 3.29. The van der Waals surface area contributed by atoms with Gasteiger partial charge in [0.15, 0.2) is 5.96 Å². The van der Waals surface area contributed by atoms with Crippen molar-refractivity contribution < 1.29 is 9.53 Å². The van der Waals surface area contributed by atoms with Crippen LogP contribution in [-0.2, 0) is 9.53 Å². The first-order valence-corrected chi connectivity index (χ1v) is 11.1. The van der Waals surface area contributed by atoms with E-state index in [2.05, 4.69) is 27.8 Å². The van der Waals surface area contributed by atoms with Crippen molar-refractivity contribution in [3.63, 3.8) is 0 Å². The summed E-state index contributed by atoms with van der Waals surface area (Å²) in [5, 5.41) is 9.67. The predicted molar refractivity (Wildman–Crippen MR) is 107 cm³/mol. The Morgan fingerprint density at radius 2 is 2.00 bits per heavy atom. The van der Waals surface area contributed by atoms with Gasteiger partial charge in [-0.2, -0.15) is 11.8 Å². The van der Waals surface area contributed by atoms with Crippen LogP contribution in [0.15, 0.2) is 4.99 Å². The molecule has 0 aromatic rings. The second-order valence-corrected chi connectivity index (χ2v) is 8.42. The van der Waals surface area contributed by atoms with Crippen LogP contribution in [0.5, 0.6) is 0 Å². The van der Waals surface area contributed by atoms with E-state index in [1.165, 1.54) is 12.2 Å². The lowest BCUT2D eigenvalue weighted by Crippen LogP contribution is -2.56. The maximum absolute atomic E-state index is 11.7. The van der Waals surface area contributed by atoms with Crippen molar-refractivity contribution >= 4 is 23.6 Å². The molecule has 0 spiro atoms. The van der Waals surface area contributed by atoms with Gasteiger partial charge in [-0.25, -0.2) is 0 Å². The highest BCUT2D eigenvalue weighted by atomic mass is 32.2. The van der Waals surface area contributed by atoms with Crippen LogP contribution in [0.1, 0.15) is 26.2 Å². The maximum atomic E-state index is 11.7. The molecule has 3 N–H and O–H groups in total. The van der Waals surface area contributed by atoms with E-state index in [1.807, 2.05) is 11.8 Å². The largest absolute Gasteiger partial charge is 0.379 e. The van der Waals surface area contributed by atoms with Gasteiger partial charge in [-0.1, -0.05) is 0 Å². The number of hydrogen-bond donors (Lipinski definition) is 3. The maximum Gasteiger partial charge on any atom is 0.223 e. The fourth-order valence-corrected chi connectivity index (χ4v) is 5.00. The van der Waals surface area contributed by atoms with Gasteiger partial charge < -0.3 is 20.7 Å². The molecule has 3 aliphatic rings. The van der Waals surface area contributed by atoms with Gasteiger partial charge in [0.2, 0.25) is 5.91 Å². The van der Waals surface area contributed by atoms with E-state index in [-0.39, 0.29) is 17.4 Å². The highest BCUT2D eigenvalue weighted by molar-refractivity contribution is 7.99. The van der Waals surface area contributed by atoms with Crippen molar-refractivity contribution in [1.29, 1.82) is 0 Å². The molecule has 1 atom stereocenters. The van der Waals surface area contributed by atoms with Gasteiger partial charge in [-0.15, -0.1) is 0 Å². The lowest BCUT2D eigenvalue weighted by molar-refractivity contribution is -0.122. The normalized spacial score (nSPS) is 27.3. The van der Waals surface area contributed by atoms with Crippen LogP contribution in [0.2, 0.25) is 0 Å². The fraction of sp³-hybridized carbons (Fsp3) is 0.889. The van der Waals surface area contributed by atoms with Crippen LogP contribution in [0, 0.1) is 5.92 Å². The number of morpholine rings is 1. The zero-order valence-corrected chi connectivity index (χ0v) is 16.7. The summed E-state index contributed by atoms with van der Waals surface area (Å²) < 4.78 is 5.53. The monoisotopic (exact) mass is 383 g/mol. The van der Waals surface area contributed by atoms with Crippen molar-refractivity contribution in [2.75, 3.05) is 64.0 Å². The van der Waals surface area contributed by atoms with Crippen molar-refractivity contribution in [2.24, 2.45) is 10.9 Å². The Labute approximate surface area is 161 Å². The van der Waals surface area contributed by atoms with E-state index in [0.29, 0.717) is 13.1 Å². The zero-order chi connectivity index (χ0) is 18.2. The smallest absolute Gasteiger partial charge is 0.223 e. The molecule has 2 heterocycles. The number of carbonyl (C=O) groups excluding carboxylic acids is 1. The minimum absolute atomic E-state index is 0.164. The van der Waals surface area contributed by atoms with E-state index in [4.69, 9.17) is 9.73 Å². The van der Waals surface area contributed by atoms with Crippen molar-refractivity contribution in [3.8, 4) is 0 Å². The average Bonchev–Trinajstić information content (AvgIpc) is 3.42. The van der Waals surface area contributed by atoms with Crippen LogP contribution < -0.4 is 16.0 Å². The fourth-order valence-electron chi connectivity index (χ4n) is 3.53. The Bertz CT molecular complexity index is 486. The first-order chi connectivity index (χ1) is 12.7. The van der Waals surface area contributed by atoms with Crippen LogP contribution in [0.4, 0.5) is 0 Å². The molecule has 2 aliphatic heterocycles. The third-order valence-corrected chi connectivity index (χ3v) is 6.54. The Morgan fingerprint density at radius 1 is 1.23 bits per heavy atom. The Balaban J connectivity index is 1.50. The van der Waals surface area contributed by atoms with Gasteiger partial charge in [0.25, 0.3) is 0 Å². The quantitative estimate of drug-likeness (QED) is 0.317. The van der Waals surface area contributed by atoms with Gasteiger partial charge in [0.05, 0.1) is 25.3 Å². The topological polar surface area (TPSA) is 78.0 Å². The number of nitrogens with zero attached hydrogens (tertiary/aromatic N) is 2. The second-order valence-electron chi connectivity index (χ2n) is 7.31. The Morgan fingerprint density at radius 3 is 2.65 bits per heavy atom. The van der Waals surface area contributed by atoms with Crippen LogP contribution in [0.25, 0.3) is 0 Å². The van der Waals surface area contributed by atoms with E-state index in [9.17, 15) is 4.79 Å². The number of aliphatic imine (C=N–C) groups is 1. The minimum atomic E-state index is 0.164. The number of thioether (sulfide) groups is 1. The molecule has 148 valence electrons. The average molecular weight is 384 g/mol. The lowest BCUT2D eigenvalue weighted by Gasteiger charge is -2.42.